The SMILES string of the molecule is FC1CNCCC1N1C=NCCC1. The van der Waals surface area contributed by atoms with E-state index in [4.69, 9.17) is 0 Å². The van der Waals surface area contributed by atoms with Crippen molar-refractivity contribution in [2.24, 2.45) is 4.99 Å². The minimum absolute atomic E-state index is 0.0605. The first kappa shape index (κ1) is 8.94. The van der Waals surface area contributed by atoms with E-state index in [9.17, 15) is 4.39 Å². The van der Waals surface area contributed by atoms with Crippen molar-refractivity contribution in [2.75, 3.05) is 26.2 Å². The minimum atomic E-state index is -0.738. The predicted octanol–water partition coefficient (Wildman–Crippen LogP) is 0.420. The van der Waals surface area contributed by atoms with Gasteiger partial charge in [0.15, 0.2) is 0 Å². The molecule has 1 fully saturated rings. The van der Waals surface area contributed by atoms with Gasteiger partial charge in [-0.05, 0) is 19.4 Å². The standard InChI is InChI=1S/C9H16FN3/c10-8-6-11-4-2-9(8)13-5-1-3-12-7-13/h7-9,11H,1-6H2. The summed E-state index contributed by atoms with van der Waals surface area (Å²) in [4.78, 5) is 6.25. The van der Waals surface area contributed by atoms with Crippen LogP contribution >= 0.6 is 0 Å². The number of hydrogen-bond acceptors (Lipinski definition) is 3. The number of nitrogens with one attached hydrogen (secondary N) is 1. The molecule has 1 saturated heterocycles. The van der Waals surface area contributed by atoms with Gasteiger partial charge in [0, 0.05) is 19.6 Å². The van der Waals surface area contributed by atoms with Gasteiger partial charge >= 0.3 is 0 Å². The lowest BCUT2D eigenvalue weighted by molar-refractivity contribution is 0.136. The van der Waals surface area contributed by atoms with Crippen LogP contribution < -0.4 is 5.32 Å². The summed E-state index contributed by atoms with van der Waals surface area (Å²) in [7, 11) is 0. The van der Waals surface area contributed by atoms with Gasteiger partial charge in [-0.1, -0.05) is 0 Å². The Morgan fingerprint density at radius 2 is 2.46 bits per heavy atom. The molecule has 0 aliphatic carbocycles. The molecule has 74 valence electrons. The Labute approximate surface area is 78.0 Å². The molecule has 0 amide bonds. The van der Waals surface area contributed by atoms with E-state index in [1.807, 2.05) is 6.34 Å². The number of hydrogen-bond donors (Lipinski definition) is 1. The molecular weight excluding hydrogens is 169 g/mol. The third-order valence-electron chi connectivity index (χ3n) is 2.73. The van der Waals surface area contributed by atoms with Gasteiger partial charge in [0.1, 0.15) is 6.17 Å². The Kier molecular flexibility index (Phi) is 2.78. The summed E-state index contributed by atoms with van der Waals surface area (Å²) in [5, 5.41) is 3.06. The fourth-order valence-corrected chi connectivity index (χ4v) is 2.00. The third kappa shape index (κ3) is 1.99. The largest absolute Gasteiger partial charge is 0.357 e. The number of nitrogens with zero attached hydrogens (tertiary/aromatic N) is 2. The molecule has 2 atom stereocenters. The van der Waals surface area contributed by atoms with Gasteiger partial charge in [-0.15, -0.1) is 0 Å². The van der Waals surface area contributed by atoms with Crippen LogP contribution in [0.5, 0.6) is 0 Å². The summed E-state index contributed by atoms with van der Waals surface area (Å²) in [6.07, 6.45) is 3.05. The molecule has 0 bridgehead atoms. The summed E-state index contributed by atoms with van der Waals surface area (Å²) in [6, 6.07) is 0.0605. The van der Waals surface area contributed by atoms with Crippen molar-refractivity contribution in [2.45, 2.75) is 25.1 Å². The summed E-state index contributed by atoms with van der Waals surface area (Å²) >= 11 is 0. The van der Waals surface area contributed by atoms with Crippen LogP contribution in [0.25, 0.3) is 0 Å². The first-order chi connectivity index (χ1) is 6.38. The molecule has 0 aromatic heterocycles. The van der Waals surface area contributed by atoms with Crippen molar-refractivity contribution in [3.63, 3.8) is 0 Å². The molecule has 2 heterocycles. The highest BCUT2D eigenvalue weighted by Crippen LogP contribution is 2.15. The Morgan fingerprint density at radius 1 is 1.54 bits per heavy atom. The van der Waals surface area contributed by atoms with Crippen molar-refractivity contribution in [3.05, 3.63) is 0 Å². The second kappa shape index (κ2) is 4.05. The fourth-order valence-electron chi connectivity index (χ4n) is 2.00. The van der Waals surface area contributed by atoms with E-state index < -0.39 is 6.17 Å². The van der Waals surface area contributed by atoms with Gasteiger partial charge in [0.25, 0.3) is 0 Å². The Bertz CT molecular complexity index is 195. The van der Waals surface area contributed by atoms with E-state index in [-0.39, 0.29) is 6.04 Å². The second-order valence-electron chi connectivity index (χ2n) is 3.69. The Balaban J connectivity index is 1.96. The van der Waals surface area contributed by atoms with Gasteiger partial charge in [0.05, 0.1) is 12.4 Å². The molecule has 4 heteroatoms. The minimum Gasteiger partial charge on any atom is -0.357 e. The highest BCUT2D eigenvalue weighted by atomic mass is 19.1. The lowest BCUT2D eigenvalue weighted by Gasteiger charge is -2.36. The molecule has 0 radical (unpaired) electrons. The normalized spacial score (nSPS) is 35.0. The van der Waals surface area contributed by atoms with E-state index in [2.05, 4.69) is 15.2 Å². The zero-order valence-electron chi connectivity index (χ0n) is 7.75. The zero-order chi connectivity index (χ0) is 9.10. The van der Waals surface area contributed by atoms with Crippen LogP contribution in [-0.2, 0) is 0 Å². The Morgan fingerprint density at radius 3 is 3.15 bits per heavy atom. The van der Waals surface area contributed by atoms with Crippen LogP contribution in [0.3, 0.4) is 0 Å². The molecule has 2 aliphatic rings. The van der Waals surface area contributed by atoms with E-state index in [0.717, 1.165) is 32.5 Å². The van der Waals surface area contributed by atoms with Crippen molar-refractivity contribution in [3.8, 4) is 0 Å². The first-order valence-electron chi connectivity index (χ1n) is 4.98. The maximum Gasteiger partial charge on any atom is 0.133 e. The highest BCUT2D eigenvalue weighted by Gasteiger charge is 2.29. The monoisotopic (exact) mass is 185 g/mol. The molecule has 0 aromatic carbocycles. The molecule has 13 heavy (non-hydrogen) atoms. The fraction of sp³-hybridized carbons (Fsp3) is 0.889. The highest BCUT2D eigenvalue weighted by molar-refractivity contribution is 5.56. The summed E-state index contributed by atoms with van der Waals surface area (Å²) in [6.45, 7) is 3.29. The number of aliphatic imine (C=N–C) groups is 1. The van der Waals surface area contributed by atoms with Gasteiger partial charge < -0.3 is 10.2 Å². The predicted molar refractivity (Wildman–Crippen MR) is 50.9 cm³/mol. The molecule has 2 aliphatic heterocycles. The smallest absolute Gasteiger partial charge is 0.133 e. The summed E-state index contributed by atoms with van der Waals surface area (Å²) in [5.74, 6) is 0. The molecule has 0 spiro atoms. The topological polar surface area (TPSA) is 27.6 Å². The average molecular weight is 185 g/mol. The van der Waals surface area contributed by atoms with Gasteiger partial charge in [-0.2, -0.15) is 0 Å². The molecule has 2 rings (SSSR count). The zero-order valence-corrected chi connectivity index (χ0v) is 7.75. The van der Waals surface area contributed by atoms with Crippen molar-refractivity contribution in [1.82, 2.24) is 10.2 Å². The van der Waals surface area contributed by atoms with Crippen LogP contribution in [0.2, 0.25) is 0 Å². The van der Waals surface area contributed by atoms with E-state index in [0.29, 0.717) is 6.54 Å². The van der Waals surface area contributed by atoms with E-state index in [1.165, 1.54) is 0 Å². The molecule has 3 nitrogen and oxygen atoms in total. The first-order valence-corrected chi connectivity index (χ1v) is 4.98. The van der Waals surface area contributed by atoms with Crippen LogP contribution in [-0.4, -0.2) is 49.6 Å². The van der Waals surface area contributed by atoms with E-state index in [1.54, 1.807) is 0 Å². The van der Waals surface area contributed by atoms with Gasteiger partial charge in [-0.3, -0.25) is 4.99 Å². The van der Waals surface area contributed by atoms with Crippen LogP contribution in [0.4, 0.5) is 4.39 Å². The van der Waals surface area contributed by atoms with Crippen molar-refractivity contribution in [1.29, 1.82) is 0 Å². The molecule has 1 N–H and O–H groups in total. The molecular formula is C9H16FN3. The van der Waals surface area contributed by atoms with Crippen molar-refractivity contribution < 1.29 is 4.39 Å². The number of piperidine rings is 1. The van der Waals surface area contributed by atoms with Crippen molar-refractivity contribution >= 4 is 6.34 Å². The molecule has 0 aromatic rings. The van der Waals surface area contributed by atoms with Crippen LogP contribution in [0, 0.1) is 0 Å². The number of halogens is 1. The second-order valence-corrected chi connectivity index (χ2v) is 3.69. The van der Waals surface area contributed by atoms with Gasteiger partial charge in [-0.25, -0.2) is 4.39 Å². The van der Waals surface area contributed by atoms with Gasteiger partial charge in [0.2, 0.25) is 0 Å². The maximum absolute atomic E-state index is 13.5. The van der Waals surface area contributed by atoms with Crippen LogP contribution in [0.1, 0.15) is 12.8 Å². The summed E-state index contributed by atoms with van der Waals surface area (Å²) in [5.41, 5.74) is 0. The number of rotatable bonds is 1. The molecule has 2 unspecified atom stereocenters. The quantitative estimate of drug-likeness (QED) is 0.641. The lowest BCUT2D eigenvalue weighted by atomic mass is 10.0. The summed E-state index contributed by atoms with van der Waals surface area (Å²) < 4.78 is 13.5. The van der Waals surface area contributed by atoms with E-state index >= 15 is 0 Å². The Hall–Kier alpha value is -0.640. The maximum atomic E-state index is 13.5. The average Bonchev–Trinajstić information content (AvgIpc) is 2.20. The lowest BCUT2D eigenvalue weighted by Crippen LogP contribution is -2.51. The van der Waals surface area contributed by atoms with Crippen LogP contribution in [0.15, 0.2) is 4.99 Å². The molecule has 0 saturated carbocycles. The third-order valence-corrected chi connectivity index (χ3v) is 2.73. The number of alkyl halides is 1.